The van der Waals surface area contributed by atoms with E-state index in [-0.39, 0.29) is 5.91 Å². The van der Waals surface area contributed by atoms with Gasteiger partial charge >= 0.3 is 0 Å². The molecule has 0 saturated heterocycles. The summed E-state index contributed by atoms with van der Waals surface area (Å²) in [6.45, 7) is 2.19. The molecule has 0 aliphatic rings. The highest BCUT2D eigenvalue weighted by atomic mass is 19.1. The predicted octanol–water partition coefficient (Wildman–Crippen LogP) is 1.22. The number of carbonyl (C=O) groups is 1. The molecule has 5 nitrogen and oxygen atoms in total. The monoisotopic (exact) mass is 248 g/mol. The molecule has 0 unspecified atom stereocenters. The zero-order valence-corrected chi connectivity index (χ0v) is 9.90. The number of aromatic nitrogens is 3. The summed E-state index contributed by atoms with van der Waals surface area (Å²) in [6.07, 6.45) is 1.97. The van der Waals surface area contributed by atoms with Crippen LogP contribution in [0.15, 0.2) is 24.5 Å². The van der Waals surface area contributed by atoms with Gasteiger partial charge in [0.05, 0.1) is 0 Å². The van der Waals surface area contributed by atoms with Crippen LogP contribution in [0.3, 0.4) is 0 Å². The van der Waals surface area contributed by atoms with Gasteiger partial charge in [-0.25, -0.2) is 9.37 Å². The molecule has 2 aromatic rings. The van der Waals surface area contributed by atoms with Crippen LogP contribution in [0, 0.1) is 12.7 Å². The Morgan fingerprint density at radius 1 is 1.50 bits per heavy atom. The molecular formula is C12H13FN4O. The Balaban J connectivity index is 1.93. The summed E-state index contributed by atoms with van der Waals surface area (Å²) in [4.78, 5) is 15.8. The van der Waals surface area contributed by atoms with Crippen molar-refractivity contribution in [3.05, 3.63) is 47.3 Å². The number of rotatable bonds is 4. The highest BCUT2D eigenvalue weighted by molar-refractivity contribution is 5.95. The van der Waals surface area contributed by atoms with Crippen molar-refractivity contribution in [2.45, 2.75) is 13.3 Å². The van der Waals surface area contributed by atoms with Gasteiger partial charge in [0.1, 0.15) is 18.0 Å². The molecule has 0 aliphatic carbocycles. The molecule has 1 amide bonds. The Hall–Kier alpha value is -2.24. The third kappa shape index (κ3) is 2.91. The van der Waals surface area contributed by atoms with Gasteiger partial charge in [-0.05, 0) is 24.6 Å². The van der Waals surface area contributed by atoms with Gasteiger partial charge in [-0.15, -0.1) is 0 Å². The molecule has 0 bridgehead atoms. The van der Waals surface area contributed by atoms with Crippen LogP contribution in [0.1, 0.15) is 21.7 Å². The molecule has 94 valence electrons. The SMILES string of the molecule is Cc1ccc(F)cc1C(=O)NCCc1ncn[nH]1. The minimum Gasteiger partial charge on any atom is -0.352 e. The first-order valence-electron chi connectivity index (χ1n) is 5.55. The van der Waals surface area contributed by atoms with Gasteiger partial charge in [-0.2, -0.15) is 5.10 Å². The van der Waals surface area contributed by atoms with E-state index in [1.165, 1.54) is 18.5 Å². The molecule has 0 saturated carbocycles. The predicted molar refractivity (Wildman–Crippen MR) is 63.6 cm³/mol. The molecule has 0 radical (unpaired) electrons. The molecule has 0 aliphatic heterocycles. The second-order valence-electron chi connectivity index (χ2n) is 3.90. The lowest BCUT2D eigenvalue weighted by molar-refractivity contribution is 0.0953. The van der Waals surface area contributed by atoms with E-state index < -0.39 is 5.82 Å². The molecule has 18 heavy (non-hydrogen) atoms. The number of aryl methyl sites for hydroxylation is 1. The van der Waals surface area contributed by atoms with Crippen molar-refractivity contribution in [2.24, 2.45) is 0 Å². The van der Waals surface area contributed by atoms with E-state index in [0.717, 1.165) is 5.56 Å². The minimum absolute atomic E-state index is 0.286. The highest BCUT2D eigenvalue weighted by Gasteiger charge is 2.09. The van der Waals surface area contributed by atoms with Crippen molar-refractivity contribution in [1.29, 1.82) is 0 Å². The molecular weight excluding hydrogens is 235 g/mol. The zero-order valence-electron chi connectivity index (χ0n) is 9.90. The summed E-state index contributed by atoms with van der Waals surface area (Å²) < 4.78 is 13.0. The van der Waals surface area contributed by atoms with Crippen molar-refractivity contribution < 1.29 is 9.18 Å². The molecule has 6 heteroatoms. The number of halogens is 1. The van der Waals surface area contributed by atoms with E-state index >= 15 is 0 Å². The molecule has 0 atom stereocenters. The van der Waals surface area contributed by atoms with E-state index in [9.17, 15) is 9.18 Å². The van der Waals surface area contributed by atoms with Crippen LogP contribution in [0.25, 0.3) is 0 Å². The Labute approximate surface area is 103 Å². The first-order chi connectivity index (χ1) is 8.66. The fourth-order valence-corrected chi connectivity index (χ4v) is 1.58. The van der Waals surface area contributed by atoms with Crippen LogP contribution in [-0.4, -0.2) is 27.6 Å². The van der Waals surface area contributed by atoms with Crippen molar-refractivity contribution in [1.82, 2.24) is 20.5 Å². The number of aromatic amines is 1. The first kappa shape index (κ1) is 12.2. The number of nitrogens with zero attached hydrogens (tertiary/aromatic N) is 2. The lowest BCUT2D eigenvalue weighted by Crippen LogP contribution is -2.26. The highest BCUT2D eigenvalue weighted by Crippen LogP contribution is 2.09. The van der Waals surface area contributed by atoms with Crippen LogP contribution in [0.4, 0.5) is 4.39 Å². The topological polar surface area (TPSA) is 70.7 Å². The van der Waals surface area contributed by atoms with Gasteiger partial charge < -0.3 is 5.32 Å². The summed E-state index contributed by atoms with van der Waals surface area (Å²) >= 11 is 0. The summed E-state index contributed by atoms with van der Waals surface area (Å²) in [5, 5.41) is 9.12. The smallest absolute Gasteiger partial charge is 0.251 e. The van der Waals surface area contributed by atoms with Crippen molar-refractivity contribution >= 4 is 5.91 Å². The van der Waals surface area contributed by atoms with E-state index in [1.807, 2.05) is 0 Å². The Bertz CT molecular complexity index is 539. The summed E-state index contributed by atoms with van der Waals surface area (Å²) in [5.41, 5.74) is 1.10. The Morgan fingerprint density at radius 3 is 3.06 bits per heavy atom. The minimum atomic E-state index is -0.416. The average Bonchev–Trinajstić information content (AvgIpc) is 2.85. The van der Waals surface area contributed by atoms with E-state index in [1.54, 1.807) is 13.0 Å². The van der Waals surface area contributed by atoms with Crippen molar-refractivity contribution in [3.63, 3.8) is 0 Å². The summed E-state index contributed by atoms with van der Waals surface area (Å²) in [5.74, 6) is -0.00114. The van der Waals surface area contributed by atoms with Crippen molar-refractivity contribution in [2.75, 3.05) is 6.54 Å². The van der Waals surface area contributed by atoms with Gasteiger partial charge in [0.25, 0.3) is 5.91 Å². The van der Waals surface area contributed by atoms with Crippen LogP contribution in [0.2, 0.25) is 0 Å². The van der Waals surface area contributed by atoms with Gasteiger partial charge in [0.15, 0.2) is 0 Å². The fourth-order valence-electron chi connectivity index (χ4n) is 1.58. The van der Waals surface area contributed by atoms with Crippen LogP contribution in [0.5, 0.6) is 0 Å². The van der Waals surface area contributed by atoms with Gasteiger partial charge in [0, 0.05) is 18.5 Å². The zero-order chi connectivity index (χ0) is 13.0. The number of carbonyl (C=O) groups excluding carboxylic acids is 1. The van der Waals surface area contributed by atoms with Crippen molar-refractivity contribution in [3.8, 4) is 0 Å². The molecule has 0 spiro atoms. The van der Waals surface area contributed by atoms with Crippen LogP contribution >= 0.6 is 0 Å². The number of benzene rings is 1. The molecule has 1 aromatic heterocycles. The van der Waals surface area contributed by atoms with E-state index in [4.69, 9.17) is 0 Å². The third-order valence-corrected chi connectivity index (χ3v) is 2.56. The average molecular weight is 248 g/mol. The maximum Gasteiger partial charge on any atom is 0.251 e. The summed E-state index contributed by atoms with van der Waals surface area (Å²) in [7, 11) is 0. The molecule has 2 N–H and O–H groups in total. The van der Waals surface area contributed by atoms with Gasteiger partial charge in [-0.1, -0.05) is 6.07 Å². The maximum absolute atomic E-state index is 13.0. The Morgan fingerprint density at radius 2 is 2.33 bits per heavy atom. The number of hydrogen-bond acceptors (Lipinski definition) is 3. The molecule has 1 aromatic carbocycles. The second kappa shape index (κ2) is 5.39. The van der Waals surface area contributed by atoms with Crippen LogP contribution in [-0.2, 0) is 6.42 Å². The van der Waals surface area contributed by atoms with Gasteiger partial charge in [0.2, 0.25) is 0 Å². The normalized spacial score (nSPS) is 10.3. The number of H-pyrrole nitrogens is 1. The van der Waals surface area contributed by atoms with Gasteiger partial charge in [-0.3, -0.25) is 9.89 Å². The van der Waals surface area contributed by atoms with Crippen LogP contribution < -0.4 is 5.32 Å². The molecule has 1 heterocycles. The van der Waals surface area contributed by atoms with E-state index in [2.05, 4.69) is 20.5 Å². The first-order valence-corrected chi connectivity index (χ1v) is 5.55. The maximum atomic E-state index is 13.0. The molecule has 2 rings (SSSR count). The van der Waals surface area contributed by atoms with E-state index in [0.29, 0.717) is 24.4 Å². The fraction of sp³-hybridized carbons (Fsp3) is 0.250. The number of nitrogens with one attached hydrogen (secondary N) is 2. The largest absolute Gasteiger partial charge is 0.352 e. The third-order valence-electron chi connectivity index (χ3n) is 2.56. The lowest BCUT2D eigenvalue weighted by Gasteiger charge is -2.06. The lowest BCUT2D eigenvalue weighted by atomic mass is 10.1. The molecule has 0 fully saturated rings. The quantitative estimate of drug-likeness (QED) is 0.854. The second-order valence-corrected chi connectivity index (χ2v) is 3.90. The standard InChI is InChI=1S/C12H13FN4O/c1-8-2-3-9(13)6-10(8)12(18)14-5-4-11-15-7-16-17-11/h2-3,6-7H,4-5H2,1H3,(H,14,18)(H,15,16,17). The number of hydrogen-bond donors (Lipinski definition) is 2. The number of amides is 1. The summed E-state index contributed by atoms with van der Waals surface area (Å²) in [6, 6.07) is 4.15. The Kier molecular flexibility index (Phi) is 3.66.